The van der Waals surface area contributed by atoms with Gasteiger partial charge in [-0.1, -0.05) is 30.3 Å². The molecule has 1 aromatic carbocycles. The first-order valence-corrected chi connectivity index (χ1v) is 11.4. The summed E-state index contributed by atoms with van der Waals surface area (Å²) < 4.78 is 0. The SMILES string of the molecule is O=C1CCN(C(=O)[C@H]2CCCN(c3nc(-c4ccccc4)nc4c3CCC4)C2)CCN1. The summed E-state index contributed by atoms with van der Waals surface area (Å²) in [5.74, 6) is 1.96. The molecular weight excluding hydrogens is 390 g/mol. The molecule has 0 spiro atoms. The molecule has 3 aliphatic rings. The van der Waals surface area contributed by atoms with Gasteiger partial charge in [-0.2, -0.15) is 0 Å². The van der Waals surface area contributed by atoms with Crippen molar-refractivity contribution in [3.05, 3.63) is 41.6 Å². The number of amides is 2. The van der Waals surface area contributed by atoms with Crippen LogP contribution in [-0.2, 0) is 22.4 Å². The molecule has 1 aromatic heterocycles. The average Bonchev–Trinajstić information content (AvgIpc) is 3.19. The third-order valence-corrected chi connectivity index (χ3v) is 6.64. The van der Waals surface area contributed by atoms with E-state index in [9.17, 15) is 9.59 Å². The van der Waals surface area contributed by atoms with Crippen molar-refractivity contribution in [2.75, 3.05) is 37.6 Å². The standard InChI is InChI=1S/C24H29N5O2/c30-21-11-14-28(15-12-25-21)24(31)18-8-5-13-29(16-18)23-19-9-4-10-20(19)26-22(27-23)17-6-2-1-3-7-17/h1-3,6-7,18H,4-5,8-16H2,(H,25,30)/t18-/m0/s1. The number of fused-ring (bicyclic) bond motifs is 1. The van der Waals surface area contributed by atoms with Gasteiger partial charge in [0.05, 0.1) is 5.92 Å². The van der Waals surface area contributed by atoms with Crippen LogP contribution >= 0.6 is 0 Å². The van der Waals surface area contributed by atoms with Crippen molar-refractivity contribution in [3.8, 4) is 11.4 Å². The first-order valence-electron chi connectivity index (χ1n) is 11.4. The second-order valence-corrected chi connectivity index (χ2v) is 8.73. The molecule has 2 saturated heterocycles. The third kappa shape index (κ3) is 4.13. The van der Waals surface area contributed by atoms with Gasteiger partial charge < -0.3 is 15.1 Å². The van der Waals surface area contributed by atoms with Gasteiger partial charge in [-0.3, -0.25) is 9.59 Å². The van der Waals surface area contributed by atoms with Gasteiger partial charge in [-0.05, 0) is 32.1 Å². The van der Waals surface area contributed by atoms with E-state index in [0.29, 0.717) is 32.6 Å². The topological polar surface area (TPSA) is 78.4 Å². The number of carbonyl (C=O) groups excluding carboxylic acids is 2. The predicted octanol–water partition coefficient (Wildman–Crippen LogP) is 2.20. The Morgan fingerprint density at radius 2 is 1.87 bits per heavy atom. The molecule has 3 heterocycles. The van der Waals surface area contributed by atoms with Crippen LogP contribution in [0, 0.1) is 5.92 Å². The van der Waals surface area contributed by atoms with Crippen LogP contribution in [0.25, 0.3) is 11.4 Å². The number of aryl methyl sites for hydroxylation is 1. The molecule has 7 heteroatoms. The lowest BCUT2D eigenvalue weighted by Crippen LogP contribution is -2.46. The summed E-state index contributed by atoms with van der Waals surface area (Å²) in [6.07, 6.45) is 5.37. The lowest BCUT2D eigenvalue weighted by molar-refractivity contribution is -0.135. The van der Waals surface area contributed by atoms with Crippen molar-refractivity contribution in [2.24, 2.45) is 5.92 Å². The monoisotopic (exact) mass is 419 g/mol. The largest absolute Gasteiger partial charge is 0.355 e. The normalized spacial score (nSPS) is 21.4. The van der Waals surface area contributed by atoms with Crippen molar-refractivity contribution in [3.63, 3.8) is 0 Å². The van der Waals surface area contributed by atoms with Gasteiger partial charge in [-0.15, -0.1) is 0 Å². The number of piperidine rings is 1. The zero-order valence-electron chi connectivity index (χ0n) is 17.8. The fraction of sp³-hybridized carbons (Fsp3) is 0.500. The maximum atomic E-state index is 13.2. The number of nitrogens with one attached hydrogen (secondary N) is 1. The second kappa shape index (κ2) is 8.65. The summed E-state index contributed by atoms with van der Waals surface area (Å²) in [4.78, 5) is 38.9. The molecule has 162 valence electrons. The van der Waals surface area contributed by atoms with Crippen LogP contribution in [0.3, 0.4) is 0 Å². The van der Waals surface area contributed by atoms with Gasteiger partial charge in [0.2, 0.25) is 11.8 Å². The van der Waals surface area contributed by atoms with E-state index in [0.717, 1.165) is 61.5 Å². The summed E-state index contributed by atoms with van der Waals surface area (Å²) in [6.45, 7) is 3.26. The van der Waals surface area contributed by atoms with Gasteiger partial charge in [0, 0.05) is 56.0 Å². The Morgan fingerprint density at radius 1 is 1.00 bits per heavy atom. The number of carbonyl (C=O) groups is 2. The predicted molar refractivity (Wildman–Crippen MR) is 119 cm³/mol. The highest BCUT2D eigenvalue weighted by atomic mass is 16.2. The molecule has 1 atom stereocenters. The Balaban J connectivity index is 1.39. The lowest BCUT2D eigenvalue weighted by Gasteiger charge is -2.36. The number of hydrogen-bond donors (Lipinski definition) is 1. The molecule has 2 amide bonds. The quantitative estimate of drug-likeness (QED) is 0.825. The summed E-state index contributed by atoms with van der Waals surface area (Å²) in [7, 11) is 0. The Bertz CT molecular complexity index is 977. The van der Waals surface area contributed by atoms with E-state index >= 15 is 0 Å². The van der Waals surface area contributed by atoms with E-state index in [2.05, 4.69) is 22.3 Å². The molecule has 1 aliphatic carbocycles. The minimum atomic E-state index is -0.0471. The first-order chi connectivity index (χ1) is 15.2. The van der Waals surface area contributed by atoms with Crippen LogP contribution in [0.2, 0.25) is 0 Å². The van der Waals surface area contributed by atoms with E-state index in [1.807, 2.05) is 23.1 Å². The van der Waals surface area contributed by atoms with E-state index in [1.165, 1.54) is 5.56 Å². The first kappa shape index (κ1) is 20.0. The molecule has 0 radical (unpaired) electrons. The van der Waals surface area contributed by atoms with Crippen molar-refractivity contribution >= 4 is 17.6 Å². The summed E-state index contributed by atoms with van der Waals surface area (Å²) >= 11 is 0. The Labute approximate surface area is 182 Å². The highest BCUT2D eigenvalue weighted by Crippen LogP contribution is 2.33. The van der Waals surface area contributed by atoms with Crippen molar-refractivity contribution in [2.45, 2.75) is 38.5 Å². The van der Waals surface area contributed by atoms with E-state index in [4.69, 9.17) is 9.97 Å². The Hall–Kier alpha value is -2.96. The maximum absolute atomic E-state index is 13.2. The highest BCUT2D eigenvalue weighted by Gasteiger charge is 2.33. The maximum Gasteiger partial charge on any atom is 0.227 e. The minimum Gasteiger partial charge on any atom is -0.355 e. The zero-order valence-corrected chi connectivity index (χ0v) is 17.8. The number of benzene rings is 1. The second-order valence-electron chi connectivity index (χ2n) is 8.73. The number of nitrogens with zero attached hydrogens (tertiary/aromatic N) is 4. The summed E-state index contributed by atoms with van der Waals surface area (Å²) in [5.41, 5.74) is 3.46. The number of hydrogen-bond acceptors (Lipinski definition) is 5. The van der Waals surface area contributed by atoms with Crippen LogP contribution in [0.1, 0.15) is 36.9 Å². The Morgan fingerprint density at radius 3 is 2.74 bits per heavy atom. The van der Waals surface area contributed by atoms with Crippen LogP contribution in [0.15, 0.2) is 30.3 Å². The molecule has 2 aliphatic heterocycles. The van der Waals surface area contributed by atoms with Crippen LogP contribution in [0.5, 0.6) is 0 Å². The number of aromatic nitrogens is 2. The van der Waals surface area contributed by atoms with E-state index in [1.54, 1.807) is 0 Å². The van der Waals surface area contributed by atoms with Crippen LogP contribution < -0.4 is 10.2 Å². The smallest absolute Gasteiger partial charge is 0.227 e. The van der Waals surface area contributed by atoms with Gasteiger partial charge in [0.15, 0.2) is 5.82 Å². The molecule has 0 unspecified atom stereocenters. The molecule has 2 fully saturated rings. The number of rotatable bonds is 3. The molecule has 7 nitrogen and oxygen atoms in total. The zero-order chi connectivity index (χ0) is 21.2. The van der Waals surface area contributed by atoms with Gasteiger partial charge in [0.25, 0.3) is 0 Å². The van der Waals surface area contributed by atoms with Crippen LogP contribution in [-0.4, -0.2) is 59.4 Å². The Kier molecular flexibility index (Phi) is 5.57. The van der Waals surface area contributed by atoms with E-state index < -0.39 is 0 Å². The number of anilines is 1. The molecule has 0 saturated carbocycles. The van der Waals surface area contributed by atoms with Gasteiger partial charge in [0.1, 0.15) is 5.82 Å². The fourth-order valence-electron chi connectivity index (χ4n) is 5.01. The van der Waals surface area contributed by atoms with Crippen molar-refractivity contribution < 1.29 is 9.59 Å². The molecule has 5 rings (SSSR count). The van der Waals surface area contributed by atoms with E-state index in [-0.39, 0.29) is 17.7 Å². The molecular formula is C24H29N5O2. The van der Waals surface area contributed by atoms with Crippen molar-refractivity contribution in [1.29, 1.82) is 0 Å². The lowest BCUT2D eigenvalue weighted by atomic mass is 9.96. The van der Waals surface area contributed by atoms with Crippen molar-refractivity contribution in [1.82, 2.24) is 20.2 Å². The van der Waals surface area contributed by atoms with Crippen LogP contribution in [0.4, 0.5) is 5.82 Å². The van der Waals surface area contributed by atoms with Gasteiger partial charge >= 0.3 is 0 Å². The molecule has 2 aromatic rings. The third-order valence-electron chi connectivity index (χ3n) is 6.64. The summed E-state index contributed by atoms with van der Waals surface area (Å²) in [5, 5.41) is 2.86. The summed E-state index contributed by atoms with van der Waals surface area (Å²) in [6, 6.07) is 10.1. The molecule has 1 N–H and O–H groups in total. The average molecular weight is 420 g/mol. The molecule has 31 heavy (non-hydrogen) atoms. The highest BCUT2D eigenvalue weighted by molar-refractivity contribution is 5.82. The minimum absolute atomic E-state index is 0.0329. The van der Waals surface area contributed by atoms with Gasteiger partial charge in [-0.25, -0.2) is 9.97 Å². The molecule has 0 bridgehead atoms. The fourth-order valence-corrected chi connectivity index (χ4v) is 5.01.